The van der Waals surface area contributed by atoms with Crippen LogP contribution >= 0.6 is 0 Å². The van der Waals surface area contributed by atoms with Gasteiger partial charge in [-0.25, -0.2) is 4.79 Å². The number of likely N-dealkylation sites (tertiary alicyclic amines) is 1. The Bertz CT molecular complexity index is 345. The van der Waals surface area contributed by atoms with Crippen LogP contribution in [-0.2, 0) is 4.79 Å². The number of carboxylic acid groups (broad SMARTS) is 1. The molecule has 1 N–H and O–H groups in total. The van der Waals surface area contributed by atoms with Gasteiger partial charge in [-0.3, -0.25) is 4.79 Å². The Hall–Kier alpha value is -1.06. The minimum Gasteiger partial charge on any atom is -0.465 e. The third kappa shape index (κ3) is 2.17. The first kappa shape index (κ1) is 12.4. The summed E-state index contributed by atoms with van der Waals surface area (Å²) in [7, 11) is 0. The van der Waals surface area contributed by atoms with Crippen molar-refractivity contribution in [2.75, 3.05) is 0 Å². The van der Waals surface area contributed by atoms with Crippen LogP contribution in [0.15, 0.2) is 0 Å². The fourth-order valence-corrected chi connectivity index (χ4v) is 3.36. The van der Waals surface area contributed by atoms with E-state index in [2.05, 4.69) is 20.8 Å². The van der Waals surface area contributed by atoms with E-state index in [0.29, 0.717) is 25.0 Å². The van der Waals surface area contributed by atoms with Crippen molar-refractivity contribution in [3.63, 3.8) is 0 Å². The maximum absolute atomic E-state index is 11.5. The van der Waals surface area contributed by atoms with E-state index < -0.39 is 6.09 Å². The van der Waals surface area contributed by atoms with Crippen molar-refractivity contribution in [3.8, 4) is 0 Å². The topological polar surface area (TPSA) is 57.6 Å². The lowest BCUT2D eigenvalue weighted by Gasteiger charge is -2.36. The third-order valence-electron chi connectivity index (χ3n) is 4.19. The standard InChI is InChI=1S/C13H21NO3/c1-13(2,3)11-7-8-6-9(15)4-5-10(8)14(11)12(16)17/h8,10-11H,4-7H2,1-3H3,(H,16,17). The van der Waals surface area contributed by atoms with Crippen molar-refractivity contribution in [2.45, 2.75) is 58.5 Å². The van der Waals surface area contributed by atoms with E-state index in [4.69, 9.17) is 0 Å². The zero-order chi connectivity index (χ0) is 12.8. The number of hydrogen-bond acceptors (Lipinski definition) is 2. The number of nitrogens with zero attached hydrogens (tertiary/aromatic N) is 1. The minimum absolute atomic E-state index is 0.0425. The van der Waals surface area contributed by atoms with Crippen LogP contribution < -0.4 is 0 Å². The summed E-state index contributed by atoms with van der Waals surface area (Å²) in [6.45, 7) is 6.23. The van der Waals surface area contributed by atoms with Gasteiger partial charge in [0.05, 0.1) is 0 Å². The summed E-state index contributed by atoms with van der Waals surface area (Å²) in [5.74, 6) is 0.544. The van der Waals surface area contributed by atoms with Gasteiger partial charge in [-0.05, 0) is 24.2 Å². The monoisotopic (exact) mass is 239 g/mol. The first-order chi connectivity index (χ1) is 7.80. The molecule has 1 aliphatic carbocycles. The normalized spacial score (nSPS) is 33.7. The summed E-state index contributed by atoms with van der Waals surface area (Å²) in [5.41, 5.74) is -0.0568. The second kappa shape index (κ2) is 4.00. The molecule has 2 rings (SSSR count). The van der Waals surface area contributed by atoms with Crippen LogP contribution in [0.5, 0.6) is 0 Å². The SMILES string of the molecule is CC(C)(C)C1CC2CC(=O)CCC2N1C(=O)O. The molecule has 4 nitrogen and oxygen atoms in total. The average Bonchev–Trinajstić information content (AvgIpc) is 2.55. The molecule has 3 atom stereocenters. The quantitative estimate of drug-likeness (QED) is 0.706. The van der Waals surface area contributed by atoms with E-state index in [1.807, 2.05) is 0 Å². The van der Waals surface area contributed by atoms with Crippen molar-refractivity contribution < 1.29 is 14.7 Å². The van der Waals surface area contributed by atoms with Gasteiger partial charge in [0.2, 0.25) is 0 Å². The summed E-state index contributed by atoms with van der Waals surface area (Å²) in [6.07, 6.45) is 1.84. The molecule has 0 bridgehead atoms. The van der Waals surface area contributed by atoms with Gasteiger partial charge in [-0.15, -0.1) is 0 Å². The molecule has 0 aromatic carbocycles. The summed E-state index contributed by atoms with van der Waals surface area (Å²) in [5, 5.41) is 9.39. The largest absolute Gasteiger partial charge is 0.465 e. The van der Waals surface area contributed by atoms with E-state index in [-0.39, 0.29) is 23.4 Å². The number of ketones is 1. The summed E-state index contributed by atoms with van der Waals surface area (Å²) >= 11 is 0. The predicted octanol–water partition coefficient (Wildman–Crippen LogP) is 2.52. The second-order valence-electron chi connectivity index (χ2n) is 6.42. The number of carbonyl (C=O) groups is 2. The lowest BCUT2D eigenvalue weighted by molar-refractivity contribution is -0.122. The van der Waals surface area contributed by atoms with Crippen LogP contribution in [-0.4, -0.2) is 34.0 Å². The highest BCUT2D eigenvalue weighted by Gasteiger charge is 2.49. The molecule has 1 heterocycles. The van der Waals surface area contributed by atoms with Gasteiger partial charge in [0.15, 0.2) is 0 Å². The van der Waals surface area contributed by atoms with Gasteiger partial charge >= 0.3 is 6.09 Å². The van der Waals surface area contributed by atoms with Gasteiger partial charge in [0.25, 0.3) is 0 Å². The molecule has 17 heavy (non-hydrogen) atoms. The van der Waals surface area contributed by atoms with Gasteiger partial charge in [0, 0.05) is 24.9 Å². The van der Waals surface area contributed by atoms with Crippen LogP contribution in [0.4, 0.5) is 4.79 Å². The van der Waals surface area contributed by atoms with Crippen LogP contribution in [0.25, 0.3) is 0 Å². The molecule has 0 aromatic heterocycles. The summed E-state index contributed by atoms with van der Waals surface area (Å²) < 4.78 is 0. The Morgan fingerprint density at radius 1 is 1.41 bits per heavy atom. The molecule has 0 radical (unpaired) electrons. The fourth-order valence-electron chi connectivity index (χ4n) is 3.36. The van der Waals surface area contributed by atoms with Crippen LogP contribution in [0, 0.1) is 11.3 Å². The predicted molar refractivity (Wildman–Crippen MR) is 63.9 cm³/mol. The van der Waals surface area contributed by atoms with Crippen molar-refractivity contribution >= 4 is 11.9 Å². The smallest absolute Gasteiger partial charge is 0.407 e. The molecular weight excluding hydrogens is 218 g/mol. The van der Waals surface area contributed by atoms with E-state index in [9.17, 15) is 14.7 Å². The molecule has 1 saturated carbocycles. The molecule has 96 valence electrons. The Morgan fingerprint density at radius 2 is 2.06 bits per heavy atom. The number of amides is 1. The van der Waals surface area contributed by atoms with E-state index >= 15 is 0 Å². The number of carbonyl (C=O) groups excluding carboxylic acids is 1. The molecular formula is C13H21NO3. The van der Waals surface area contributed by atoms with E-state index in [0.717, 1.165) is 6.42 Å². The van der Waals surface area contributed by atoms with Crippen LogP contribution in [0.3, 0.4) is 0 Å². The van der Waals surface area contributed by atoms with Crippen molar-refractivity contribution in [2.24, 2.45) is 11.3 Å². The molecule has 1 amide bonds. The van der Waals surface area contributed by atoms with Gasteiger partial charge in [-0.2, -0.15) is 0 Å². The molecule has 3 unspecified atom stereocenters. The van der Waals surface area contributed by atoms with Gasteiger partial charge in [-0.1, -0.05) is 20.8 Å². The highest BCUT2D eigenvalue weighted by atomic mass is 16.4. The Kier molecular flexibility index (Phi) is 2.92. The molecule has 2 aliphatic rings. The Balaban J connectivity index is 2.25. The van der Waals surface area contributed by atoms with E-state index in [1.165, 1.54) is 0 Å². The number of hydrogen-bond donors (Lipinski definition) is 1. The van der Waals surface area contributed by atoms with Crippen LogP contribution in [0.1, 0.15) is 46.5 Å². The average molecular weight is 239 g/mol. The third-order valence-corrected chi connectivity index (χ3v) is 4.19. The first-order valence-corrected chi connectivity index (χ1v) is 6.33. The van der Waals surface area contributed by atoms with Gasteiger partial charge < -0.3 is 10.0 Å². The molecule has 2 fully saturated rings. The highest BCUT2D eigenvalue weighted by molar-refractivity contribution is 5.80. The molecule has 0 spiro atoms. The fraction of sp³-hybridized carbons (Fsp3) is 0.846. The lowest BCUT2D eigenvalue weighted by Crippen LogP contribution is -2.47. The molecule has 4 heteroatoms. The Labute approximate surface area is 102 Å². The van der Waals surface area contributed by atoms with Gasteiger partial charge in [0.1, 0.15) is 5.78 Å². The Morgan fingerprint density at radius 3 is 2.59 bits per heavy atom. The van der Waals surface area contributed by atoms with Crippen molar-refractivity contribution in [3.05, 3.63) is 0 Å². The van der Waals surface area contributed by atoms with Crippen molar-refractivity contribution in [1.82, 2.24) is 4.90 Å². The molecule has 0 aromatic rings. The first-order valence-electron chi connectivity index (χ1n) is 6.33. The zero-order valence-electron chi connectivity index (χ0n) is 10.8. The number of fused-ring (bicyclic) bond motifs is 1. The van der Waals surface area contributed by atoms with Crippen molar-refractivity contribution in [1.29, 1.82) is 0 Å². The second-order valence-corrected chi connectivity index (χ2v) is 6.42. The molecule has 1 aliphatic heterocycles. The summed E-state index contributed by atoms with van der Waals surface area (Å²) in [4.78, 5) is 24.5. The van der Waals surface area contributed by atoms with Crippen LogP contribution in [0.2, 0.25) is 0 Å². The highest BCUT2D eigenvalue weighted by Crippen LogP contribution is 2.44. The number of Topliss-reactive ketones (excluding diaryl/α,β-unsaturated/α-hetero) is 1. The lowest BCUT2D eigenvalue weighted by atomic mass is 9.80. The maximum Gasteiger partial charge on any atom is 0.407 e. The maximum atomic E-state index is 11.5. The minimum atomic E-state index is -0.827. The molecule has 1 saturated heterocycles. The zero-order valence-corrected chi connectivity index (χ0v) is 10.8. The van der Waals surface area contributed by atoms with E-state index in [1.54, 1.807) is 4.90 Å². The number of rotatable bonds is 0. The summed E-state index contributed by atoms with van der Waals surface area (Å²) in [6, 6.07) is 0.107.